The van der Waals surface area contributed by atoms with Gasteiger partial charge in [0.05, 0.1) is 0 Å². The quantitative estimate of drug-likeness (QED) is 0.0814. The molecule has 0 aromatic carbocycles. The van der Waals surface area contributed by atoms with E-state index in [1.165, 1.54) is 193 Å². The zero-order valence-corrected chi connectivity index (χ0v) is 27.4. The van der Waals surface area contributed by atoms with Gasteiger partial charge in [-0.2, -0.15) is 0 Å². The van der Waals surface area contributed by atoms with Crippen LogP contribution in [0.5, 0.6) is 0 Å². The van der Waals surface area contributed by atoms with Gasteiger partial charge in [-0.05, 0) is 19.4 Å². The highest BCUT2D eigenvalue weighted by atomic mass is 16.1. The summed E-state index contributed by atoms with van der Waals surface area (Å²) in [6.07, 6.45) is 43.7. The van der Waals surface area contributed by atoms with Crippen LogP contribution >= 0.6 is 0 Å². The van der Waals surface area contributed by atoms with Crippen LogP contribution in [0, 0.1) is 0 Å². The van der Waals surface area contributed by atoms with E-state index >= 15 is 0 Å². The average molecular weight is 553 g/mol. The first-order valence-electron chi connectivity index (χ1n) is 18.2. The van der Waals surface area contributed by atoms with Crippen LogP contribution in [0.3, 0.4) is 0 Å². The molecule has 0 aromatic heterocycles. The number of unbranched alkanes of at least 4 members (excludes halogenated alkanes) is 29. The normalized spacial score (nSPS) is 10.9. The molecule has 39 heavy (non-hydrogen) atoms. The second-order valence-corrected chi connectivity index (χ2v) is 12.3. The van der Waals surface area contributed by atoms with Crippen LogP contribution in [0.25, 0.3) is 0 Å². The van der Waals surface area contributed by atoms with E-state index in [0.717, 1.165) is 13.0 Å². The fourth-order valence-corrected chi connectivity index (χ4v) is 5.36. The number of hydrogen-bond donors (Lipinski definition) is 2. The second kappa shape index (κ2) is 39.6. The van der Waals surface area contributed by atoms with Crippen molar-refractivity contribution in [3.63, 3.8) is 0 Å². The van der Waals surface area contributed by atoms with Gasteiger partial charge in [0.15, 0.2) is 0 Å². The lowest BCUT2D eigenvalue weighted by atomic mass is 10.0. The van der Waals surface area contributed by atoms with E-state index in [4.69, 9.17) is 11.5 Å². The molecule has 0 aliphatic heterocycles. The first-order chi connectivity index (χ1) is 19.2. The van der Waals surface area contributed by atoms with Gasteiger partial charge in [-0.1, -0.05) is 200 Å². The Hall–Kier alpha value is -0.570. The summed E-state index contributed by atoms with van der Waals surface area (Å²) in [7, 11) is 0. The van der Waals surface area contributed by atoms with Crippen molar-refractivity contribution in [3.8, 4) is 0 Å². The predicted molar refractivity (Wildman–Crippen MR) is 177 cm³/mol. The van der Waals surface area contributed by atoms with Gasteiger partial charge in [-0.25, -0.2) is 0 Å². The standard InChI is InChI=1S/C18H37NO.C18H39N/c1-2-3-4-5-6-7-8-9-10-11-12-13-14-15-16-17-18(19)20;1-2-3-4-5-6-7-8-9-10-11-12-13-14-15-16-17-18-19/h2-17H2,1H3,(H2,19,20);2-19H2,1H3. The van der Waals surface area contributed by atoms with E-state index in [1.807, 2.05) is 0 Å². The monoisotopic (exact) mass is 553 g/mol. The van der Waals surface area contributed by atoms with E-state index in [9.17, 15) is 4.79 Å². The van der Waals surface area contributed by atoms with Gasteiger partial charge in [0.2, 0.25) is 5.91 Å². The minimum Gasteiger partial charge on any atom is -0.370 e. The third-order valence-electron chi connectivity index (χ3n) is 8.08. The number of carbonyl (C=O) groups is 1. The van der Waals surface area contributed by atoms with E-state index in [-0.39, 0.29) is 5.91 Å². The topological polar surface area (TPSA) is 69.1 Å². The number of rotatable bonds is 32. The maximum absolute atomic E-state index is 10.6. The van der Waals surface area contributed by atoms with Crippen molar-refractivity contribution in [1.82, 2.24) is 0 Å². The van der Waals surface area contributed by atoms with Crippen LogP contribution in [0.4, 0.5) is 0 Å². The van der Waals surface area contributed by atoms with Crippen molar-refractivity contribution in [1.29, 1.82) is 0 Å². The molecule has 3 nitrogen and oxygen atoms in total. The van der Waals surface area contributed by atoms with Gasteiger partial charge in [-0.15, -0.1) is 0 Å². The van der Waals surface area contributed by atoms with Crippen molar-refractivity contribution in [3.05, 3.63) is 0 Å². The van der Waals surface area contributed by atoms with Gasteiger partial charge in [-0.3, -0.25) is 4.79 Å². The summed E-state index contributed by atoms with van der Waals surface area (Å²) < 4.78 is 0. The number of amides is 1. The molecule has 0 rings (SSSR count). The van der Waals surface area contributed by atoms with Crippen LogP contribution in [-0.2, 0) is 4.79 Å². The van der Waals surface area contributed by atoms with Gasteiger partial charge < -0.3 is 11.5 Å². The first kappa shape index (κ1) is 40.6. The highest BCUT2D eigenvalue weighted by Gasteiger charge is 1.96. The van der Waals surface area contributed by atoms with Crippen LogP contribution < -0.4 is 11.5 Å². The first-order valence-corrected chi connectivity index (χ1v) is 18.2. The summed E-state index contributed by atoms with van der Waals surface area (Å²) in [6.45, 7) is 5.44. The smallest absolute Gasteiger partial charge is 0.217 e. The van der Waals surface area contributed by atoms with Crippen molar-refractivity contribution >= 4 is 5.91 Å². The fourth-order valence-electron chi connectivity index (χ4n) is 5.36. The molecule has 3 heteroatoms. The molecule has 0 heterocycles. The Balaban J connectivity index is 0. The highest BCUT2D eigenvalue weighted by Crippen LogP contribution is 2.15. The molecular weight excluding hydrogens is 476 g/mol. The lowest BCUT2D eigenvalue weighted by Crippen LogP contribution is -2.09. The minimum absolute atomic E-state index is 0.153. The molecule has 0 saturated heterocycles. The molecular formula is C36H76N2O. The van der Waals surface area contributed by atoms with Crippen LogP contribution in [0.1, 0.15) is 219 Å². The fraction of sp³-hybridized carbons (Fsp3) is 0.972. The van der Waals surface area contributed by atoms with Gasteiger partial charge in [0.25, 0.3) is 0 Å². The number of primary amides is 1. The number of nitrogens with two attached hydrogens (primary N) is 2. The van der Waals surface area contributed by atoms with E-state index in [2.05, 4.69) is 13.8 Å². The van der Waals surface area contributed by atoms with Crippen LogP contribution in [0.2, 0.25) is 0 Å². The molecule has 0 spiro atoms. The van der Waals surface area contributed by atoms with Crippen LogP contribution in [-0.4, -0.2) is 12.5 Å². The Labute approximate surface area is 247 Å². The Morgan fingerprint density at radius 2 is 0.564 bits per heavy atom. The molecule has 1 amide bonds. The van der Waals surface area contributed by atoms with E-state index in [1.54, 1.807) is 0 Å². The SMILES string of the molecule is CCCCCCCCCCCCCCCCCC(N)=O.CCCCCCCCCCCCCCCCCCN. The average Bonchev–Trinajstić information content (AvgIpc) is 2.93. The van der Waals surface area contributed by atoms with Crippen molar-refractivity contribution in [2.24, 2.45) is 11.5 Å². The maximum atomic E-state index is 10.6. The molecule has 0 aliphatic rings. The molecule has 0 radical (unpaired) electrons. The van der Waals surface area contributed by atoms with E-state index < -0.39 is 0 Å². The zero-order valence-electron chi connectivity index (χ0n) is 27.4. The predicted octanol–water partition coefficient (Wildman–Crippen LogP) is 11.9. The molecule has 0 fully saturated rings. The largest absolute Gasteiger partial charge is 0.370 e. The van der Waals surface area contributed by atoms with Crippen LogP contribution in [0.15, 0.2) is 0 Å². The zero-order chi connectivity index (χ0) is 28.9. The summed E-state index contributed by atoms with van der Waals surface area (Å²) in [4.78, 5) is 10.6. The van der Waals surface area contributed by atoms with Gasteiger partial charge in [0, 0.05) is 6.42 Å². The van der Waals surface area contributed by atoms with E-state index in [0.29, 0.717) is 6.42 Å². The Morgan fingerprint density at radius 1 is 0.359 bits per heavy atom. The van der Waals surface area contributed by atoms with Crippen molar-refractivity contribution < 1.29 is 4.79 Å². The summed E-state index contributed by atoms with van der Waals surface area (Å²) in [5, 5.41) is 0. The Morgan fingerprint density at radius 3 is 0.769 bits per heavy atom. The maximum Gasteiger partial charge on any atom is 0.217 e. The van der Waals surface area contributed by atoms with Crippen molar-refractivity contribution in [2.75, 3.05) is 6.54 Å². The second-order valence-electron chi connectivity index (χ2n) is 12.3. The molecule has 4 N–H and O–H groups in total. The molecule has 236 valence electrons. The third-order valence-corrected chi connectivity index (χ3v) is 8.08. The highest BCUT2D eigenvalue weighted by molar-refractivity contribution is 5.73. The molecule has 0 aliphatic carbocycles. The molecule has 0 unspecified atom stereocenters. The summed E-state index contributed by atoms with van der Waals surface area (Å²) in [5.74, 6) is -0.153. The molecule has 0 atom stereocenters. The lowest BCUT2D eigenvalue weighted by molar-refractivity contribution is -0.118. The minimum atomic E-state index is -0.153. The summed E-state index contributed by atoms with van der Waals surface area (Å²) >= 11 is 0. The third kappa shape index (κ3) is 44.7. The number of hydrogen-bond acceptors (Lipinski definition) is 2. The molecule has 0 bridgehead atoms. The molecule has 0 saturated carbocycles. The summed E-state index contributed by atoms with van der Waals surface area (Å²) in [5.41, 5.74) is 10.6. The Bertz CT molecular complexity index is 410. The number of carbonyl (C=O) groups excluding carboxylic acids is 1. The Kier molecular flexibility index (Phi) is 41.2. The van der Waals surface area contributed by atoms with Crippen molar-refractivity contribution in [2.45, 2.75) is 219 Å². The van der Waals surface area contributed by atoms with Gasteiger partial charge >= 0.3 is 0 Å². The summed E-state index contributed by atoms with van der Waals surface area (Å²) in [6, 6.07) is 0. The lowest BCUT2D eigenvalue weighted by Gasteiger charge is -2.03. The molecule has 0 aromatic rings. The van der Waals surface area contributed by atoms with Gasteiger partial charge in [0.1, 0.15) is 0 Å².